The summed E-state index contributed by atoms with van der Waals surface area (Å²) in [5.74, 6) is 3.64. The van der Waals surface area contributed by atoms with Crippen molar-refractivity contribution in [1.82, 2.24) is 0 Å². The molecule has 2 heteroatoms. The van der Waals surface area contributed by atoms with E-state index in [1.165, 1.54) is 38.5 Å². The molecule has 8 atom stereocenters. The number of esters is 1. The summed E-state index contributed by atoms with van der Waals surface area (Å²) in [7, 11) is 0. The standard InChI is InChI=1S/C22H34O2/c1-13(23)24-18-7-8-20(4)16(19(18,2)3)6-9-22-11-15-14(10-17(20)22)21(15,5)12-22/h14-18H,6-12H2,1-5H3. The van der Waals surface area contributed by atoms with Crippen molar-refractivity contribution in [3.05, 3.63) is 0 Å². The van der Waals surface area contributed by atoms with Gasteiger partial charge in [0, 0.05) is 12.3 Å². The molecule has 6 fully saturated rings. The Hall–Kier alpha value is -0.530. The van der Waals surface area contributed by atoms with Gasteiger partial charge in [-0.25, -0.2) is 0 Å². The van der Waals surface area contributed by atoms with Gasteiger partial charge in [0.1, 0.15) is 6.10 Å². The summed E-state index contributed by atoms with van der Waals surface area (Å²) in [5, 5.41) is 0. The molecule has 24 heavy (non-hydrogen) atoms. The van der Waals surface area contributed by atoms with Gasteiger partial charge < -0.3 is 4.74 Å². The molecule has 6 saturated carbocycles. The van der Waals surface area contributed by atoms with E-state index in [4.69, 9.17) is 4.74 Å². The van der Waals surface area contributed by atoms with E-state index in [0.29, 0.717) is 16.7 Å². The lowest BCUT2D eigenvalue weighted by atomic mass is 9.39. The van der Waals surface area contributed by atoms with Crippen LogP contribution >= 0.6 is 0 Å². The summed E-state index contributed by atoms with van der Waals surface area (Å²) in [6.45, 7) is 11.5. The molecule has 0 amide bonds. The Morgan fingerprint density at radius 1 is 0.958 bits per heavy atom. The summed E-state index contributed by atoms with van der Waals surface area (Å²) in [4.78, 5) is 11.6. The van der Waals surface area contributed by atoms with Gasteiger partial charge in [0.2, 0.25) is 0 Å². The van der Waals surface area contributed by atoms with Gasteiger partial charge in [-0.1, -0.05) is 27.7 Å². The SMILES string of the molecule is CC(=O)OC1CCC2(C)C3CC4C5CC3(CCC2C1(C)C)CC45C. The first kappa shape index (κ1) is 15.7. The van der Waals surface area contributed by atoms with Crippen molar-refractivity contribution in [2.75, 3.05) is 0 Å². The number of rotatable bonds is 1. The van der Waals surface area contributed by atoms with Crippen LogP contribution in [0.3, 0.4) is 0 Å². The Morgan fingerprint density at radius 2 is 1.71 bits per heavy atom. The molecule has 0 saturated heterocycles. The molecule has 0 radical (unpaired) electrons. The van der Waals surface area contributed by atoms with Crippen molar-refractivity contribution in [2.45, 2.75) is 85.7 Å². The van der Waals surface area contributed by atoms with Crippen LogP contribution in [0.4, 0.5) is 0 Å². The van der Waals surface area contributed by atoms with Crippen LogP contribution in [0.1, 0.15) is 79.6 Å². The zero-order chi connectivity index (χ0) is 17.1. The third-order valence-corrected chi connectivity index (χ3v) is 10.2. The van der Waals surface area contributed by atoms with Crippen LogP contribution in [0.2, 0.25) is 0 Å². The number of hydrogen-bond donors (Lipinski definition) is 0. The lowest BCUT2D eigenvalue weighted by Gasteiger charge is -2.66. The zero-order valence-corrected chi connectivity index (χ0v) is 16.2. The minimum atomic E-state index is -0.0998. The maximum atomic E-state index is 11.6. The molecule has 134 valence electrons. The van der Waals surface area contributed by atoms with E-state index in [-0.39, 0.29) is 17.5 Å². The largest absolute Gasteiger partial charge is 0.462 e. The fourth-order valence-corrected chi connectivity index (χ4v) is 9.23. The first-order valence-corrected chi connectivity index (χ1v) is 10.3. The summed E-state index contributed by atoms with van der Waals surface area (Å²) in [6.07, 6.45) is 9.80. The summed E-state index contributed by atoms with van der Waals surface area (Å²) < 4.78 is 5.78. The third kappa shape index (κ3) is 1.62. The van der Waals surface area contributed by atoms with Gasteiger partial charge in [-0.3, -0.25) is 4.79 Å². The molecule has 2 nitrogen and oxygen atoms in total. The quantitative estimate of drug-likeness (QED) is 0.617. The first-order chi connectivity index (χ1) is 11.1. The van der Waals surface area contributed by atoms with E-state index in [2.05, 4.69) is 27.7 Å². The lowest BCUT2D eigenvalue weighted by molar-refractivity contribution is -0.203. The van der Waals surface area contributed by atoms with Gasteiger partial charge in [-0.2, -0.15) is 0 Å². The van der Waals surface area contributed by atoms with Gasteiger partial charge in [0.05, 0.1) is 0 Å². The Morgan fingerprint density at radius 3 is 2.33 bits per heavy atom. The second-order valence-corrected chi connectivity index (χ2v) is 11.3. The normalized spacial score (nSPS) is 59.3. The molecule has 1 spiro atoms. The van der Waals surface area contributed by atoms with E-state index < -0.39 is 0 Å². The molecule has 4 bridgehead atoms. The van der Waals surface area contributed by atoms with Gasteiger partial charge in [0.15, 0.2) is 0 Å². The highest BCUT2D eigenvalue weighted by Crippen LogP contribution is 2.85. The van der Waals surface area contributed by atoms with E-state index >= 15 is 0 Å². The van der Waals surface area contributed by atoms with Crippen LogP contribution in [0.15, 0.2) is 0 Å². The van der Waals surface area contributed by atoms with E-state index in [1.54, 1.807) is 6.92 Å². The second kappa shape index (κ2) is 4.23. The number of carbonyl (C=O) groups is 1. The molecule has 0 aliphatic heterocycles. The minimum Gasteiger partial charge on any atom is -0.462 e. The minimum absolute atomic E-state index is 0.0998. The van der Waals surface area contributed by atoms with Crippen LogP contribution in [0.25, 0.3) is 0 Å². The molecule has 6 aliphatic rings. The maximum absolute atomic E-state index is 11.6. The van der Waals surface area contributed by atoms with Crippen molar-refractivity contribution in [3.8, 4) is 0 Å². The topological polar surface area (TPSA) is 26.3 Å². The molecule has 6 rings (SSSR count). The van der Waals surface area contributed by atoms with E-state index in [0.717, 1.165) is 29.6 Å². The van der Waals surface area contributed by atoms with E-state index in [1.807, 2.05) is 0 Å². The van der Waals surface area contributed by atoms with Gasteiger partial charge in [-0.15, -0.1) is 0 Å². The monoisotopic (exact) mass is 330 g/mol. The molecule has 0 aromatic heterocycles. The summed E-state index contributed by atoms with van der Waals surface area (Å²) in [6, 6.07) is 0. The van der Waals surface area contributed by atoms with Crippen LogP contribution in [-0.4, -0.2) is 12.1 Å². The summed E-state index contributed by atoms with van der Waals surface area (Å²) >= 11 is 0. The molecule has 8 unspecified atom stereocenters. The predicted octanol–water partition coefficient (Wildman–Crippen LogP) is 5.21. The fourth-order valence-electron chi connectivity index (χ4n) is 9.23. The van der Waals surface area contributed by atoms with Crippen molar-refractivity contribution in [2.24, 2.45) is 45.3 Å². The Labute approximate surface area is 147 Å². The Bertz CT molecular complexity index is 609. The van der Waals surface area contributed by atoms with Crippen LogP contribution in [-0.2, 0) is 9.53 Å². The molecule has 6 aliphatic carbocycles. The molecule has 0 N–H and O–H groups in total. The van der Waals surface area contributed by atoms with Crippen molar-refractivity contribution < 1.29 is 9.53 Å². The average molecular weight is 331 g/mol. The van der Waals surface area contributed by atoms with Crippen molar-refractivity contribution in [1.29, 1.82) is 0 Å². The van der Waals surface area contributed by atoms with Gasteiger partial charge in [-0.05, 0) is 84.9 Å². The number of ether oxygens (including phenoxy) is 1. The molecular formula is C22H34O2. The van der Waals surface area contributed by atoms with Crippen LogP contribution in [0, 0.1) is 45.3 Å². The number of fused-ring (bicyclic) bond motifs is 1. The highest BCUT2D eigenvalue weighted by Gasteiger charge is 2.78. The third-order valence-electron chi connectivity index (χ3n) is 10.2. The molecule has 0 heterocycles. The Kier molecular flexibility index (Phi) is 2.77. The number of carbonyl (C=O) groups excluding carboxylic acids is 1. The number of hydrogen-bond acceptors (Lipinski definition) is 2. The average Bonchev–Trinajstić information content (AvgIpc) is 2.93. The highest BCUT2D eigenvalue weighted by molar-refractivity contribution is 5.66. The zero-order valence-electron chi connectivity index (χ0n) is 16.2. The van der Waals surface area contributed by atoms with Crippen LogP contribution in [0.5, 0.6) is 0 Å². The second-order valence-electron chi connectivity index (χ2n) is 11.3. The van der Waals surface area contributed by atoms with E-state index in [9.17, 15) is 4.79 Å². The maximum Gasteiger partial charge on any atom is 0.302 e. The molecule has 0 aromatic carbocycles. The van der Waals surface area contributed by atoms with Crippen molar-refractivity contribution >= 4 is 5.97 Å². The Balaban J connectivity index is 1.48. The lowest BCUT2D eigenvalue weighted by Crippen LogP contribution is -2.60. The smallest absolute Gasteiger partial charge is 0.302 e. The first-order valence-electron chi connectivity index (χ1n) is 10.3. The predicted molar refractivity (Wildman–Crippen MR) is 94.3 cm³/mol. The van der Waals surface area contributed by atoms with Crippen LogP contribution < -0.4 is 0 Å². The van der Waals surface area contributed by atoms with Gasteiger partial charge >= 0.3 is 5.97 Å². The van der Waals surface area contributed by atoms with Gasteiger partial charge in [0.25, 0.3) is 0 Å². The fraction of sp³-hybridized carbons (Fsp3) is 0.955. The summed E-state index contributed by atoms with van der Waals surface area (Å²) in [5.41, 5.74) is 1.98. The molecule has 0 aromatic rings. The highest BCUT2D eigenvalue weighted by atomic mass is 16.5. The molecular weight excluding hydrogens is 296 g/mol. The van der Waals surface area contributed by atoms with Crippen molar-refractivity contribution in [3.63, 3.8) is 0 Å².